The van der Waals surface area contributed by atoms with Crippen LogP contribution in [0.25, 0.3) is 6.08 Å². The van der Waals surface area contributed by atoms with Crippen LogP contribution < -0.4 is 9.47 Å². The molecule has 5 nitrogen and oxygen atoms in total. The zero-order chi connectivity index (χ0) is 25.8. The Kier molecular flexibility index (Phi) is 8.91. The lowest BCUT2D eigenvalue weighted by molar-refractivity contribution is -0.123. The van der Waals surface area contributed by atoms with Crippen molar-refractivity contribution in [1.82, 2.24) is 4.90 Å². The number of hydrogen-bond donors (Lipinski definition) is 0. The lowest BCUT2D eigenvalue weighted by atomic mass is 10.1. The predicted octanol–water partition coefficient (Wildman–Crippen LogP) is 8.62. The minimum absolute atomic E-state index is 0.0589. The Balaban J connectivity index is 1.55. The fourth-order valence-electron chi connectivity index (χ4n) is 3.42. The van der Waals surface area contributed by atoms with Crippen molar-refractivity contribution < 1.29 is 19.1 Å². The van der Waals surface area contributed by atoms with Crippen molar-refractivity contribution >= 4 is 79.7 Å². The summed E-state index contributed by atoms with van der Waals surface area (Å²) in [7, 11) is 0. The van der Waals surface area contributed by atoms with E-state index < -0.39 is 5.91 Å². The SMILES string of the molecule is CCOc1cc(/C=C2\SC(=O)N(Cc3ccc(Cl)cc3Cl)C2=O)cc(Br)c1OCc1ccc(Cl)cc1. The molecule has 1 saturated heterocycles. The molecule has 0 aromatic heterocycles. The van der Waals surface area contributed by atoms with Crippen LogP contribution in [0.2, 0.25) is 15.1 Å². The van der Waals surface area contributed by atoms with Crippen LogP contribution in [-0.4, -0.2) is 22.7 Å². The largest absolute Gasteiger partial charge is 0.490 e. The molecular formula is C26H19BrCl3NO4S. The summed E-state index contributed by atoms with van der Waals surface area (Å²) in [6, 6.07) is 15.9. The monoisotopic (exact) mass is 625 g/mol. The van der Waals surface area contributed by atoms with Crippen molar-refractivity contribution in [2.45, 2.75) is 20.1 Å². The zero-order valence-electron chi connectivity index (χ0n) is 18.9. The van der Waals surface area contributed by atoms with Crippen molar-refractivity contribution in [3.05, 3.63) is 95.7 Å². The molecule has 1 fully saturated rings. The Morgan fingerprint density at radius 1 is 0.972 bits per heavy atom. The number of halogens is 4. The van der Waals surface area contributed by atoms with Crippen LogP contribution >= 0.6 is 62.5 Å². The molecule has 0 N–H and O–H groups in total. The minimum atomic E-state index is -0.395. The van der Waals surface area contributed by atoms with Crippen LogP contribution in [0, 0.1) is 0 Å². The quantitative estimate of drug-likeness (QED) is 0.234. The summed E-state index contributed by atoms with van der Waals surface area (Å²) < 4.78 is 12.5. The van der Waals surface area contributed by atoms with E-state index in [0.29, 0.717) is 60.3 Å². The lowest BCUT2D eigenvalue weighted by Gasteiger charge is -2.15. The van der Waals surface area contributed by atoms with Crippen LogP contribution in [-0.2, 0) is 17.9 Å². The fourth-order valence-corrected chi connectivity index (χ4v) is 5.43. The van der Waals surface area contributed by atoms with Gasteiger partial charge in [-0.2, -0.15) is 0 Å². The molecule has 36 heavy (non-hydrogen) atoms. The first-order chi connectivity index (χ1) is 17.2. The molecule has 10 heteroatoms. The smallest absolute Gasteiger partial charge is 0.293 e. The van der Waals surface area contributed by atoms with Crippen molar-refractivity contribution in [3.63, 3.8) is 0 Å². The molecule has 2 amide bonds. The highest BCUT2D eigenvalue weighted by atomic mass is 79.9. The van der Waals surface area contributed by atoms with Gasteiger partial charge in [-0.05, 0) is 93.8 Å². The average molecular weight is 628 g/mol. The van der Waals surface area contributed by atoms with E-state index in [0.717, 1.165) is 22.2 Å². The van der Waals surface area contributed by atoms with E-state index in [1.807, 2.05) is 25.1 Å². The highest BCUT2D eigenvalue weighted by Gasteiger charge is 2.35. The van der Waals surface area contributed by atoms with Gasteiger partial charge >= 0.3 is 0 Å². The first-order valence-corrected chi connectivity index (χ1v) is 13.5. The van der Waals surface area contributed by atoms with E-state index in [1.54, 1.807) is 42.5 Å². The van der Waals surface area contributed by atoms with Crippen LogP contribution in [0.3, 0.4) is 0 Å². The Morgan fingerprint density at radius 3 is 2.39 bits per heavy atom. The Labute approximate surface area is 236 Å². The second-order valence-corrected chi connectivity index (χ2v) is 10.8. The molecule has 3 aromatic carbocycles. The van der Waals surface area contributed by atoms with E-state index in [1.165, 1.54) is 0 Å². The van der Waals surface area contributed by atoms with Gasteiger partial charge in [-0.25, -0.2) is 0 Å². The lowest BCUT2D eigenvalue weighted by Crippen LogP contribution is -2.27. The Morgan fingerprint density at radius 2 is 1.69 bits per heavy atom. The zero-order valence-corrected chi connectivity index (χ0v) is 23.6. The summed E-state index contributed by atoms with van der Waals surface area (Å²) in [4.78, 5) is 27.1. The van der Waals surface area contributed by atoms with Crippen molar-refractivity contribution in [3.8, 4) is 11.5 Å². The maximum atomic E-state index is 13.0. The summed E-state index contributed by atoms with van der Waals surface area (Å²) in [6.07, 6.45) is 1.66. The molecule has 0 bridgehead atoms. The maximum absolute atomic E-state index is 13.0. The molecule has 0 atom stereocenters. The standard InChI is InChI=1S/C26H19BrCl3NO4S/c1-2-34-22-10-16(9-20(27)24(22)35-14-15-3-6-18(28)7-4-15)11-23-25(32)31(26(33)36-23)13-17-5-8-19(29)12-21(17)30/h3-12H,2,13-14H2,1H3/b23-11-. The molecular weight excluding hydrogens is 609 g/mol. The van der Waals surface area contributed by atoms with E-state index in [9.17, 15) is 9.59 Å². The van der Waals surface area contributed by atoms with Gasteiger partial charge in [0.2, 0.25) is 0 Å². The molecule has 3 aromatic rings. The van der Waals surface area contributed by atoms with Gasteiger partial charge in [-0.3, -0.25) is 14.5 Å². The van der Waals surface area contributed by atoms with Gasteiger partial charge in [0.15, 0.2) is 11.5 Å². The first kappa shape index (κ1) is 26.9. The van der Waals surface area contributed by atoms with Crippen molar-refractivity contribution in [1.29, 1.82) is 0 Å². The molecule has 0 radical (unpaired) electrons. The minimum Gasteiger partial charge on any atom is -0.490 e. The van der Waals surface area contributed by atoms with Crippen LogP contribution in [0.1, 0.15) is 23.6 Å². The third-order valence-electron chi connectivity index (χ3n) is 5.14. The predicted molar refractivity (Wildman–Crippen MR) is 149 cm³/mol. The average Bonchev–Trinajstić information content (AvgIpc) is 3.08. The highest BCUT2D eigenvalue weighted by molar-refractivity contribution is 9.10. The van der Waals surface area contributed by atoms with Gasteiger partial charge in [0.05, 0.1) is 22.5 Å². The van der Waals surface area contributed by atoms with Gasteiger partial charge in [0.25, 0.3) is 11.1 Å². The number of rotatable bonds is 8. The molecule has 0 unspecified atom stereocenters. The first-order valence-electron chi connectivity index (χ1n) is 10.8. The van der Waals surface area contributed by atoms with Crippen LogP contribution in [0.4, 0.5) is 4.79 Å². The number of ether oxygens (including phenoxy) is 2. The summed E-state index contributed by atoms with van der Waals surface area (Å²) in [5.74, 6) is 0.655. The number of carbonyl (C=O) groups is 2. The number of carbonyl (C=O) groups excluding carboxylic acids is 2. The summed E-state index contributed by atoms with van der Waals surface area (Å²) in [5, 5.41) is 1.16. The molecule has 1 aliphatic heterocycles. The Hall–Kier alpha value is -2.16. The summed E-state index contributed by atoms with van der Waals surface area (Å²) in [6.45, 7) is 2.67. The number of amides is 2. The maximum Gasteiger partial charge on any atom is 0.293 e. The molecule has 0 spiro atoms. The molecule has 0 aliphatic carbocycles. The van der Waals surface area contributed by atoms with E-state index in [4.69, 9.17) is 44.3 Å². The number of benzene rings is 3. The van der Waals surface area contributed by atoms with Crippen LogP contribution in [0.5, 0.6) is 11.5 Å². The van der Waals surface area contributed by atoms with Gasteiger partial charge in [0.1, 0.15) is 6.61 Å². The van der Waals surface area contributed by atoms with E-state index >= 15 is 0 Å². The number of hydrogen-bond acceptors (Lipinski definition) is 5. The van der Waals surface area contributed by atoms with Gasteiger partial charge in [-0.15, -0.1) is 0 Å². The summed E-state index contributed by atoms with van der Waals surface area (Å²) >= 11 is 22.6. The highest BCUT2D eigenvalue weighted by Crippen LogP contribution is 2.40. The second kappa shape index (κ2) is 11.9. The third-order valence-corrected chi connectivity index (χ3v) is 7.48. The molecule has 1 aliphatic rings. The van der Waals surface area contributed by atoms with Gasteiger partial charge < -0.3 is 9.47 Å². The van der Waals surface area contributed by atoms with Crippen molar-refractivity contribution in [2.24, 2.45) is 0 Å². The number of imide groups is 1. The number of thioether (sulfide) groups is 1. The van der Waals surface area contributed by atoms with Crippen molar-refractivity contribution in [2.75, 3.05) is 6.61 Å². The van der Waals surface area contributed by atoms with E-state index in [2.05, 4.69) is 15.9 Å². The van der Waals surface area contributed by atoms with Gasteiger partial charge in [-0.1, -0.05) is 53.0 Å². The third kappa shape index (κ3) is 6.39. The molecule has 186 valence electrons. The second-order valence-electron chi connectivity index (χ2n) is 7.68. The normalized spacial score (nSPS) is 14.6. The molecule has 0 saturated carbocycles. The Bertz CT molecular complexity index is 1350. The molecule has 4 rings (SSSR count). The summed E-state index contributed by atoms with van der Waals surface area (Å²) in [5.41, 5.74) is 2.26. The fraction of sp³-hybridized carbons (Fsp3) is 0.154. The van der Waals surface area contributed by atoms with Gasteiger partial charge in [0, 0.05) is 15.1 Å². The molecule has 1 heterocycles. The van der Waals surface area contributed by atoms with E-state index in [-0.39, 0.29) is 11.8 Å². The van der Waals surface area contributed by atoms with Crippen LogP contribution in [0.15, 0.2) is 64.0 Å². The number of nitrogens with zero attached hydrogens (tertiary/aromatic N) is 1. The topological polar surface area (TPSA) is 55.8 Å².